The van der Waals surface area contributed by atoms with Crippen LogP contribution >= 0.6 is 0 Å². The SMILES string of the molecule is C[C@H](NC(=O)[C@H](O)c1cc(F)cc(F)c1)C(=O)N[C@@H]1C(=O)N(C)[C@H](c2ccccc2)C=C[C@@H]1c1ccccc1. The summed E-state index contributed by atoms with van der Waals surface area (Å²) in [5.74, 6) is -4.41. The first-order valence-electron chi connectivity index (χ1n) is 12.5. The molecular weight excluding hydrogens is 504 g/mol. The number of carbonyl (C=O) groups is 3. The fraction of sp³-hybridized carbons (Fsp3) is 0.233. The van der Waals surface area contributed by atoms with Gasteiger partial charge in [-0.15, -0.1) is 0 Å². The molecule has 0 fully saturated rings. The van der Waals surface area contributed by atoms with E-state index in [1.807, 2.05) is 72.8 Å². The second kappa shape index (κ2) is 12.0. The Morgan fingerprint density at radius 1 is 0.872 bits per heavy atom. The molecule has 5 atom stereocenters. The average molecular weight is 534 g/mol. The predicted molar refractivity (Wildman–Crippen MR) is 141 cm³/mol. The summed E-state index contributed by atoms with van der Waals surface area (Å²) in [7, 11) is 1.66. The molecule has 3 amide bonds. The minimum absolute atomic E-state index is 0.292. The Morgan fingerprint density at radius 3 is 2.03 bits per heavy atom. The summed E-state index contributed by atoms with van der Waals surface area (Å²) in [4.78, 5) is 41.0. The van der Waals surface area contributed by atoms with Gasteiger partial charge in [-0.3, -0.25) is 14.4 Å². The number of amides is 3. The maximum Gasteiger partial charge on any atom is 0.254 e. The van der Waals surface area contributed by atoms with Gasteiger partial charge in [-0.25, -0.2) is 8.78 Å². The number of nitrogens with one attached hydrogen (secondary N) is 2. The molecule has 0 saturated heterocycles. The first kappa shape index (κ1) is 27.7. The maximum atomic E-state index is 13.7. The van der Waals surface area contributed by atoms with E-state index in [1.165, 1.54) is 6.92 Å². The molecule has 7 nitrogen and oxygen atoms in total. The molecule has 1 heterocycles. The lowest BCUT2D eigenvalue weighted by Crippen LogP contribution is -2.55. The Kier molecular flexibility index (Phi) is 8.51. The zero-order chi connectivity index (χ0) is 28.1. The predicted octanol–water partition coefficient (Wildman–Crippen LogP) is 3.54. The summed E-state index contributed by atoms with van der Waals surface area (Å²) in [6, 6.07) is 18.5. The Morgan fingerprint density at radius 2 is 1.44 bits per heavy atom. The number of rotatable bonds is 7. The molecule has 1 aliphatic heterocycles. The molecule has 3 aromatic rings. The number of nitrogens with zero attached hydrogens (tertiary/aromatic N) is 1. The fourth-order valence-corrected chi connectivity index (χ4v) is 4.61. The van der Waals surface area contributed by atoms with E-state index in [0.717, 1.165) is 23.3 Å². The first-order chi connectivity index (χ1) is 18.7. The topological polar surface area (TPSA) is 98.7 Å². The van der Waals surface area contributed by atoms with Crippen LogP contribution in [0.5, 0.6) is 0 Å². The minimum atomic E-state index is -1.90. The summed E-state index contributed by atoms with van der Waals surface area (Å²) < 4.78 is 27.1. The highest BCUT2D eigenvalue weighted by molar-refractivity contribution is 5.93. The highest BCUT2D eigenvalue weighted by Gasteiger charge is 2.37. The van der Waals surface area contributed by atoms with Crippen LogP contribution < -0.4 is 10.6 Å². The van der Waals surface area contributed by atoms with E-state index in [4.69, 9.17) is 0 Å². The molecule has 4 rings (SSSR count). The monoisotopic (exact) mass is 533 g/mol. The molecule has 1 aliphatic rings. The van der Waals surface area contributed by atoms with E-state index in [2.05, 4.69) is 10.6 Å². The minimum Gasteiger partial charge on any atom is -0.378 e. The van der Waals surface area contributed by atoms with E-state index in [1.54, 1.807) is 11.9 Å². The van der Waals surface area contributed by atoms with Gasteiger partial charge in [0.15, 0.2) is 6.10 Å². The van der Waals surface area contributed by atoms with Crippen molar-refractivity contribution in [2.45, 2.75) is 37.1 Å². The number of likely N-dealkylation sites (N-methyl/N-ethyl adjacent to an activating group) is 1. The van der Waals surface area contributed by atoms with Crippen LogP contribution in [0.15, 0.2) is 91.0 Å². The van der Waals surface area contributed by atoms with E-state index in [9.17, 15) is 28.3 Å². The van der Waals surface area contributed by atoms with Crippen molar-refractivity contribution in [3.63, 3.8) is 0 Å². The zero-order valence-corrected chi connectivity index (χ0v) is 21.4. The van der Waals surface area contributed by atoms with E-state index in [-0.39, 0.29) is 17.5 Å². The summed E-state index contributed by atoms with van der Waals surface area (Å²) in [5, 5.41) is 15.4. The van der Waals surface area contributed by atoms with Crippen LogP contribution in [0.1, 0.15) is 41.7 Å². The number of hydrogen-bond donors (Lipinski definition) is 3. The second-order valence-electron chi connectivity index (χ2n) is 9.45. The van der Waals surface area contributed by atoms with Gasteiger partial charge < -0.3 is 20.6 Å². The standard InChI is InChI=1S/C30H29F2N3O4/c1-18(33-29(38)27(36)21-15-22(31)17-23(32)16-21)28(37)34-26-24(19-9-5-3-6-10-19)13-14-25(35(2)30(26)39)20-11-7-4-8-12-20/h3-18,24-27,36H,1-2H3,(H,33,38)(H,34,37)/t18-,24+,25-,26-,27+/m0/s1. The molecule has 39 heavy (non-hydrogen) atoms. The number of aliphatic hydroxyl groups is 1. The molecule has 0 spiro atoms. The quantitative estimate of drug-likeness (QED) is 0.405. The van der Waals surface area contributed by atoms with Crippen LogP contribution in [0, 0.1) is 11.6 Å². The largest absolute Gasteiger partial charge is 0.378 e. The van der Waals surface area contributed by atoms with Gasteiger partial charge in [0.2, 0.25) is 11.8 Å². The maximum absolute atomic E-state index is 13.7. The van der Waals surface area contributed by atoms with Crippen LogP contribution in [-0.4, -0.2) is 46.9 Å². The van der Waals surface area contributed by atoms with Gasteiger partial charge in [-0.05, 0) is 35.7 Å². The van der Waals surface area contributed by atoms with Gasteiger partial charge in [0, 0.05) is 19.0 Å². The number of aliphatic hydroxyl groups excluding tert-OH is 1. The summed E-state index contributed by atoms with van der Waals surface area (Å²) in [6.07, 6.45) is 1.92. The molecule has 3 aromatic carbocycles. The molecule has 0 bridgehead atoms. The van der Waals surface area contributed by atoms with Crippen molar-refractivity contribution in [1.29, 1.82) is 0 Å². The lowest BCUT2D eigenvalue weighted by Gasteiger charge is -2.31. The van der Waals surface area contributed by atoms with Crippen LogP contribution in [0.2, 0.25) is 0 Å². The van der Waals surface area contributed by atoms with Crippen molar-refractivity contribution in [2.75, 3.05) is 7.05 Å². The van der Waals surface area contributed by atoms with Crippen LogP contribution in [-0.2, 0) is 14.4 Å². The summed E-state index contributed by atoms with van der Waals surface area (Å²) in [6.45, 7) is 1.39. The molecule has 3 N–H and O–H groups in total. The fourth-order valence-electron chi connectivity index (χ4n) is 4.61. The lowest BCUT2D eigenvalue weighted by molar-refractivity contribution is -0.138. The zero-order valence-electron chi connectivity index (χ0n) is 21.4. The van der Waals surface area contributed by atoms with Crippen molar-refractivity contribution in [2.24, 2.45) is 0 Å². The molecule has 0 aliphatic carbocycles. The van der Waals surface area contributed by atoms with Gasteiger partial charge in [0.25, 0.3) is 5.91 Å². The molecule has 0 aromatic heterocycles. The lowest BCUT2D eigenvalue weighted by atomic mass is 9.90. The number of hydrogen-bond acceptors (Lipinski definition) is 4. The third-order valence-electron chi connectivity index (χ3n) is 6.72. The van der Waals surface area contributed by atoms with Crippen molar-refractivity contribution in [3.8, 4) is 0 Å². The van der Waals surface area contributed by atoms with E-state index < -0.39 is 47.6 Å². The highest BCUT2D eigenvalue weighted by atomic mass is 19.1. The third kappa shape index (κ3) is 6.38. The number of halogens is 2. The number of benzene rings is 3. The average Bonchev–Trinajstić information content (AvgIpc) is 3.04. The van der Waals surface area contributed by atoms with Gasteiger partial charge in [-0.1, -0.05) is 72.8 Å². The highest BCUT2D eigenvalue weighted by Crippen LogP contribution is 2.32. The van der Waals surface area contributed by atoms with E-state index >= 15 is 0 Å². The van der Waals surface area contributed by atoms with E-state index in [0.29, 0.717) is 6.07 Å². The van der Waals surface area contributed by atoms with Crippen molar-refractivity contribution in [1.82, 2.24) is 15.5 Å². The van der Waals surface area contributed by atoms with Crippen LogP contribution in [0.25, 0.3) is 0 Å². The van der Waals surface area contributed by atoms with Gasteiger partial charge >= 0.3 is 0 Å². The van der Waals surface area contributed by atoms with Gasteiger partial charge in [0.1, 0.15) is 23.7 Å². The first-order valence-corrected chi connectivity index (χ1v) is 12.5. The molecular formula is C30H29F2N3O4. The second-order valence-corrected chi connectivity index (χ2v) is 9.45. The smallest absolute Gasteiger partial charge is 0.254 e. The summed E-state index contributed by atoms with van der Waals surface area (Å²) in [5.41, 5.74) is 1.43. The van der Waals surface area contributed by atoms with Crippen molar-refractivity contribution >= 4 is 17.7 Å². The molecule has 0 saturated carbocycles. The molecule has 202 valence electrons. The van der Waals surface area contributed by atoms with Crippen LogP contribution in [0.4, 0.5) is 8.78 Å². The van der Waals surface area contributed by atoms with Gasteiger partial charge in [0.05, 0.1) is 6.04 Å². The van der Waals surface area contributed by atoms with Crippen LogP contribution in [0.3, 0.4) is 0 Å². The Hall–Kier alpha value is -4.37. The Labute approximate surface area is 225 Å². The molecule has 0 unspecified atom stereocenters. The Balaban J connectivity index is 1.54. The Bertz CT molecular complexity index is 1350. The number of carbonyl (C=O) groups excluding carboxylic acids is 3. The van der Waals surface area contributed by atoms with Gasteiger partial charge in [-0.2, -0.15) is 0 Å². The van der Waals surface area contributed by atoms with Crippen molar-refractivity contribution < 1.29 is 28.3 Å². The molecule has 9 heteroatoms. The molecule has 0 radical (unpaired) electrons. The summed E-state index contributed by atoms with van der Waals surface area (Å²) >= 11 is 0. The third-order valence-corrected chi connectivity index (χ3v) is 6.72. The normalized spacial score (nSPS) is 20.6. The van der Waals surface area contributed by atoms with Crippen molar-refractivity contribution in [3.05, 3.63) is 119 Å².